The molecule has 7 heteroatoms. The second-order valence-corrected chi connectivity index (χ2v) is 8.87. The van der Waals surface area contributed by atoms with E-state index in [1.165, 1.54) is 6.07 Å². The Bertz CT molecular complexity index is 565. The molecule has 2 unspecified atom stereocenters. The molecule has 1 aliphatic carbocycles. The summed E-state index contributed by atoms with van der Waals surface area (Å²) in [6.45, 7) is 0.449. The van der Waals surface area contributed by atoms with Crippen molar-refractivity contribution >= 4 is 53.5 Å². The third-order valence-corrected chi connectivity index (χ3v) is 6.89. The molecule has 3 nitrogen and oxygen atoms in total. The molecule has 19 heavy (non-hydrogen) atoms. The highest BCUT2D eigenvalue weighted by Gasteiger charge is 2.27. The molecule has 1 N–H and O–H groups in total. The van der Waals surface area contributed by atoms with Gasteiger partial charge >= 0.3 is 0 Å². The average Bonchev–Trinajstić information content (AvgIpc) is 2.72. The topological polar surface area (TPSA) is 46.2 Å². The number of sulfonamides is 1. The third-order valence-electron chi connectivity index (χ3n) is 3.29. The van der Waals surface area contributed by atoms with Crippen LogP contribution in [-0.4, -0.2) is 19.8 Å². The summed E-state index contributed by atoms with van der Waals surface area (Å²) in [4.78, 5) is 0.525. The fourth-order valence-corrected chi connectivity index (χ4v) is 5.11. The van der Waals surface area contributed by atoms with Crippen LogP contribution in [-0.2, 0) is 10.0 Å². The highest BCUT2D eigenvalue weighted by Crippen LogP contribution is 2.31. The lowest BCUT2D eigenvalue weighted by atomic mass is 10.1. The molecule has 0 radical (unpaired) electrons. The van der Waals surface area contributed by atoms with E-state index in [9.17, 15) is 8.42 Å². The van der Waals surface area contributed by atoms with E-state index in [1.54, 1.807) is 12.1 Å². The van der Waals surface area contributed by atoms with Crippen LogP contribution < -0.4 is 4.72 Å². The molecule has 0 bridgehead atoms. The predicted molar refractivity (Wildman–Crippen MR) is 84.4 cm³/mol. The second kappa shape index (κ2) is 6.43. The van der Waals surface area contributed by atoms with Crippen molar-refractivity contribution in [2.24, 2.45) is 5.92 Å². The van der Waals surface area contributed by atoms with Gasteiger partial charge in [0.1, 0.15) is 4.90 Å². The first-order valence-electron chi connectivity index (χ1n) is 5.99. The van der Waals surface area contributed by atoms with Gasteiger partial charge in [0.15, 0.2) is 0 Å². The fraction of sp³-hybridized carbons (Fsp3) is 0.500. The van der Waals surface area contributed by atoms with Gasteiger partial charge in [-0.3, -0.25) is 0 Å². The fourth-order valence-electron chi connectivity index (χ4n) is 2.21. The normalized spacial score (nSPS) is 23.7. The van der Waals surface area contributed by atoms with E-state index in [4.69, 9.17) is 11.6 Å². The van der Waals surface area contributed by atoms with Crippen LogP contribution in [0.4, 0.5) is 0 Å². The molecule has 0 heterocycles. The first-order valence-corrected chi connectivity index (χ1v) is 9.56. The minimum atomic E-state index is -3.54. The van der Waals surface area contributed by atoms with Gasteiger partial charge < -0.3 is 0 Å². The number of hydrogen-bond donors (Lipinski definition) is 1. The number of halogens is 3. The Morgan fingerprint density at radius 3 is 2.68 bits per heavy atom. The molecule has 0 spiro atoms. The molecular weight excluding hydrogens is 417 g/mol. The Balaban J connectivity index is 2.09. The van der Waals surface area contributed by atoms with Crippen molar-refractivity contribution in [1.29, 1.82) is 0 Å². The van der Waals surface area contributed by atoms with Gasteiger partial charge in [0.25, 0.3) is 0 Å². The van der Waals surface area contributed by atoms with Crippen molar-refractivity contribution in [2.45, 2.75) is 29.0 Å². The van der Waals surface area contributed by atoms with Crippen LogP contribution in [0.25, 0.3) is 0 Å². The molecule has 106 valence electrons. The largest absolute Gasteiger partial charge is 0.242 e. The number of nitrogens with one attached hydrogen (secondary N) is 1. The SMILES string of the molecule is O=S(=O)(NCC1CCCC1Br)c1ccc(Br)cc1Cl. The van der Waals surface area contributed by atoms with Gasteiger partial charge in [0.05, 0.1) is 5.02 Å². The number of benzene rings is 1. The highest BCUT2D eigenvalue weighted by molar-refractivity contribution is 9.10. The summed E-state index contributed by atoms with van der Waals surface area (Å²) in [6, 6.07) is 4.76. The third kappa shape index (κ3) is 3.94. The van der Waals surface area contributed by atoms with E-state index in [-0.39, 0.29) is 9.92 Å². The minimum absolute atomic E-state index is 0.126. The minimum Gasteiger partial charge on any atom is -0.211 e. The van der Waals surface area contributed by atoms with E-state index in [1.807, 2.05) is 0 Å². The maximum absolute atomic E-state index is 12.2. The summed E-state index contributed by atoms with van der Waals surface area (Å²) in [5, 5.41) is 0.226. The van der Waals surface area contributed by atoms with Gasteiger partial charge in [-0.25, -0.2) is 13.1 Å². The van der Waals surface area contributed by atoms with Crippen molar-refractivity contribution in [2.75, 3.05) is 6.54 Å². The van der Waals surface area contributed by atoms with Crippen molar-refractivity contribution < 1.29 is 8.42 Å². The second-order valence-electron chi connectivity index (χ2n) is 4.63. The number of rotatable bonds is 4. The zero-order valence-corrected chi connectivity index (χ0v) is 14.8. The molecule has 1 fully saturated rings. The first-order chi connectivity index (χ1) is 8.90. The molecule has 1 aromatic rings. The Labute approximate surface area is 135 Å². The summed E-state index contributed by atoms with van der Waals surface area (Å²) in [7, 11) is -3.54. The smallest absolute Gasteiger partial charge is 0.211 e. The Morgan fingerprint density at radius 1 is 1.37 bits per heavy atom. The predicted octanol–water partition coefficient (Wildman–Crippen LogP) is 3.94. The van der Waals surface area contributed by atoms with Gasteiger partial charge in [-0.05, 0) is 37.0 Å². The lowest BCUT2D eigenvalue weighted by molar-refractivity contribution is 0.529. The zero-order chi connectivity index (χ0) is 14.0. The zero-order valence-electron chi connectivity index (χ0n) is 10.1. The van der Waals surface area contributed by atoms with E-state index in [2.05, 4.69) is 36.6 Å². The monoisotopic (exact) mass is 429 g/mol. The summed E-state index contributed by atoms with van der Waals surface area (Å²) in [6.07, 6.45) is 3.29. The molecule has 0 aromatic heterocycles. The van der Waals surface area contributed by atoms with Crippen molar-refractivity contribution in [3.63, 3.8) is 0 Å². The van der Waals surface area contributed by atoms with Crippen LogP contribution in [0, 0.1) is 5.92 Å². The number of alkyl halides is 1. The Kier molecular flexibility index (Phi) is 5.34. The van der Waals surface area contributed by atoms with Gasteiger partial charge in [0.2, 0.25) is 10.0 Å². The summed E-state index contributed by atoms with van der Waals surface area (Å²) in [5.41, 5.74) is 0. The standard InChI is InChI=1S/C12H14Br2ClNO2S/c13-9-4-5-12(11(15)6-9)19(17,18)16-7-8-2-1-3-10(8)14/h4-6,8,10,16H,1-3,7H2. The molecule has 0 saturated heterocycles. The van der Waals surface area contributed by atoms with Crippen molar-refractivity contribution in [1.82, 2.24) is 4.72 Å². The first kappa shape index (κ1) is 15.8. The van der Waals surface area contributed by atoms with E-state index in [0.717, 1.165) is 23.7 Å². The van der Waals surface area contributed by atoms with Gasteiger partial charge in [-0.15, -0.1) is 0 Å². The van der Waals surface area contributed by atoms with Crippen LogP contribution in [0.3, 0.4) is 0 Å². The lowest BCUT2D eigenvalue weighted by Gasteiger charge is -2.15. The molecule has 1 aliphatic rings. The van der Waals surface area contributed by atoms with Crippen LogP contribution >= 0.6 is 43.5 Å². The van der Waals surface area contributed by atoms with E-state index >= 15 is 0 Å². The quantitative estimate of drug-likeness (QED) is 0.734. The molecule has 2 rings (SSSR count). The summed E-state index contributed by atoms with van der Waals surface area (Å²) < 4.78 is 27.8. The van der Waals surface area contributed by atoms with Crippen molar-refractivity contribution in [3.05, 3.63) is 27.7 Å². The average molecular weight is 432 g/mol. The molecule has 0 aliphatic heterocycles. The van der Waals surface area contributed by atoms with Crippen LogP contribution in [0.15, 0.2) is 27.6 Å². The summed E-state index contributed by atoms with van der Waals surface area (Å²) >= 11 is 12.8. The molecule has 1 aromatic carbocycles. The number of hydrogen-bond acceptors (Lipinski definition) is 2. The highest BCUT2D eigenvalue weighted by atomic mass is 79.9. The molecule has 0 amide bonds. The Hall–Kier alpha value is 0.380. The van der Waals surface area contributed by atoms with Gasteiger partial charge in [-0.2, -0.15) is 0 Å². The Morgan fingerprint density at radius 2 is 2.11 bits per heavy atom. The van der Waals surface area contributed by atoms with E-state index < -0.39 is 10.0 Å². The summed E-state index contributed by atoms with van der Waals surface area (Å²) in [5.74, 6) is 0.351. The molecule has 1 saturated carbocycles. The van der Waals surface area contributed by atoms with E-state index in [0.29, 0.717) is 17.3 Å². The lowest BCUT2D eigenvalue weighted by Crippen LogP contribution is -2.31. The van der Waals surface area contributed by atoms with Gasteiger partial charge in [0, 0.05) is 15.8 Å². The molecule has 2 atom stereocenters. The van der Waals surface area contributed by atoms with Crippen LogP contribution in [0.2, 0.25) is 5.02 Å². The van der Waals surface area contributed by atoms with Crippen LogP contribution in [0.1, 0.15) is 19.3 Å². The van der Waals surface area contributed by atoms with Crippen molar-refractivity contribution in [3.8, 4) is 0 Å². The van der Waals surface area contributed by atoms with Gasteiger partial charge in [-0.1, -0.05) is 49.9 Å². The maximum Gasteiger partial charge on any atom is 0.242 e. The molecular formula is C12H14Br2ClNO2S. The maximum atomic E-state index is 12.2. The van der Waals surface area contributed by atoms with Crippen LogP contribution in [0.5, 0.6) is 0 Å².